The summed E-state index contributed by atoms with van der Waals surface area (Å²) < 4.78 is 28.7. The molecule has 33 heavy (non-hydrogen) atoms. The van der Waals surface area contributed by atoms with Crippen molar-refractivity contribution in [3.8, 4) is 22.9 Å². The number of ether oxygens (including phenoxy) is 2. The molecule has 0 aliphatic rings. The molecule has 0 saturated heterocycles. The number of methoxy groups -OCH3 is 1. The topological polar surface area (TPSA) is 64.1 Å². The van der Waals surface area contributed by atoms with Gasteiger partial charge in [0, 0.05) is 21.2 Å². The van der Waals surface area contributed by atoms with Gasteiger partial charge in [-0.1, -0.05) is 63.9 Å². The predicted octanol–water partition coefficient (Wildman–Crippen LogP) is 6.49. The van der Waals surface area contributed by atoms with Crippen LogP contribution in [0.2, 0.25) is 5.02 Å². The van der Waals surface area contributed by atoms with Crippen molar-refractivity contribution in [2.24, 2.45) is 0 Å². The zero-order chi connectivity index (χ0) is 23.4. The molecule has 0 spiro atoms. The van der Waals surface area contributed by atoms with Crippen molar-refractivity contribution in [2.45, 2.75) is 13.2 Å². The standard InChI is InChI=1S/C23H19BrClFN4O2S/c1-31-20-11-10-17(24)15(21(20)32-13-16-18(25)8-5-9-19(16)26)12-27-30-22(28-29-23(30)33)14-6-3-2-4-7-14/h2-11,27H,12-13H2,1H3,(H,29,33). The van der Waals surface area contributed by atoms with Crippen LogP contribution in [0.5, 0.6) is 11.5 Å². The highest BCUT2D eigenvalue weighted by Crippen LogP contribution is 2.37. The van der Waals surface area contributed by atoms with Crippen LogP contribution in [0.15, 0.2) is 65.1 Å². The van der Waals surface area contributed by atoms with Crippen LogP contribution in [-0.4, -0.2) is 22.0 Å². The summed E-state index contributed by atoms with van der Waals surface area (Å²) in [4.78, 5) is 0. The van der Waals surface area contributed by atoms with Gasteiger partial charge in [-0.3, -0.25) is 0 Å². The molecule has 0 atom stereocenters. The Balaban J connectivity index is 1.64. The highest BCUT2D eigenvalue weighted by Gasteiger charge is 2.18. The van der Waals surface area contributed by atoms with Gasteiger partial charge in [-0.05, 0) is 36.5 Å². The second kappa shape index (κ2) is 10.4. The Morgan fingerprint density at radius 1 is 1.12 bits per heavy atom. The van der Waals surface area contributed by atoms with Gasteiger partial charge < -0.3 is 14.9 Å². The maximum absolute atomic E-state index is 14.3. The first kappa shape index (κ1) is 23.3. The van der Waals surface area contributed by atoms with E-state index in [1.54, 1.807) is 30.0 Å². The smallest absolute Gasteiger partial charge is 0.214 e. The van der Waals surface area contributed by atoms with Crippen LogP contribution in [-0.2, 0) is 13.2 Å². The van der Waals surface area contributed by atoms with E-state index in [1.807, 2.05) is 36.4 Å². The van der Waals surface area contributed by atoms with E-state index >= 15 is 0 Å². The minimum absolute atomic E-state index is 0.0638. The molecule has 170 valence electrons. The van der Waals surface area contributed by atoms with Gasteiger partial charge in [-0.25, -0.2) is 14.2 Å². The van der Waals surface area contributed by atoms with Crippen molar-refractivity contribution in [2.75, 3.05) is 12.5 Å². The van der Waals surface area contributed by atoms with Crippen LogP contribution in [0, 0.1) is 10.6 Å². The number of rotatable bonds is 8. The van der Waals surface area contributed by atoms with Crippen LogP contribution >= 0.6 is 39.7 Å². The van der Waals surface area contributed by atoms with Crippen molar-refractivity contribution in [1.29, 1.82) is 0 Å². The third-order valence-corrected chi connectivity index (χ3v) is 6.30. The van der Waals surface area contributed by atoms with Crippen LogP contribution in [0.1, 0.15) is 11.1 Å². The normalized spacial score (nSPS) is 10.8. The van der Waals surface area contributed by atoms with Gasteiger partial charge in [0.15, 0.2) is 17.3 Å². The van der Waals surface area contributed by atoms with E-state index in [1.165, 1.54) is 6.07 Å². The Morgan fingerprint density at radius 2 is 1.91 bits per heavy atom. The van der Waals surface area contributed by atoms with Crippen molar-refractivity contribution in [1.82, 2.24) is 14.9 Å². The molecule has 2 N–H and O–H groups in total. The minimum Gasteiger partial charge on any atom is -0.493 e. The third kappa shape index (κ3) is 5.05. The van der Waals surface area contributed by atoms with Gasteiger partial charge in [0.25, 0.3) is 0 Å². The number of halogens is 3. The summed E-state index contributed by atoms with van der Waals surface area (Å²) in [5.74, 6) is 1.16. The lowest BCUT2D eigenvalue weighted by Gasteiger charge is -2.18. The van der Waals surface area contributed by atoms with E-state index < -0.39 is 5.82 Å². The van der Waals surface area contributed by atoms with Gasteiger partial charge in [0.1, 0.15) is 12.4 Å². The summed E-state index contributed by atoms with van der Waals surface area (Å²) in [7, 11) is 1.54. The Morgan fingerprint density at radius 3 is 2.64 bits per heavy atom. The Bertz CT molecular complexity index is 1310. The monoisotopic (exact) mass is 548 g/mol. The second-order valence-electron chi connectivity index (χ2n) is 6.93. The van der Waals surface area contributed by atoms with Crippen LogP contribution in [0.3, 0.4) is 0 Å². The van der Waals surface area contributed by atoms with E-state index in [2.05, 4.69) is 31.6 Å². The molecule has 1 aromatic heterocycles. The van der Waals surface area contributed by atoms with Crippen LogP contribution < -0.4 is 14.9 Å². The summed E-state index contributed by atoms with van der Waals surface area (Å²) >= 11 is 15.1. The number of H-pyrrole nitrogens is 1. The molecule has 0 unspecified atom stereocenters. The van der Waals surface area contributed by atoms with Gasteiger partial charge in [0.05, 0.1) is 18.7 Å². The fourth-order valence-corrected chi connectivity index (χ4v) is 4.13. The summed E-state index contributed by atoms with van der Waals surface area (Å²) in [5, 5.41) is 7.44. The average molecular weight is 550 g/mol. The minimum atomic E-state index is -0.437. The van der Waals surface area contributed by atoms with Gasteiger partial charge in [0.2, 0.25) is 4.77 Å². The highest BCUT2D eigenvalue weighted by atomic mass is 79.9. The molecule has 0 aliphatic carbocycles. The molecule has 0 fully saturated rings. The first-order valence-corrected chi connectivity index (χ1v) is 11.4. The molecule has 4 rings (SSSR count). The first-order valence-electron chi connectivity index (χ1n) is 9.87. The van der Waals surface area contributed by atoms with Gasteiger partial charge >= 0.3 is 0 Å². The number of hydrogen-bond acceptors (Lipinski definition) is 5. The molecule has 4 aromatic rings. The number of aromatic amines is 1. The fraction of sp³-hybridized carbons (Fsp3) is 0.130. The van der Waals surface area contributed by atoms with E-state index in [0.29, 0.717) is 33.7 Å². The third-order valence-electron chi connectivity index (χ3n) is 4.93. The SMILES string of the molecule is COc1ccc(Br)c(CNn2c(-c3ccccc3)n[nH]c2=S)c1OCc1c(F)cccc1Cl. The second-order valence-corrected chi connectivity index (χ2v) is 8.58. The quantitative estimate of drug-likeness (QED) is 0.246. The number of hydrogen-bond donors (Lipinski definition) is 2. The van der Waals surface area contributed by atoms with Crippen molar-refractivity contribution in [3.63, 3.8) is 0 Å². The van der Waals surface area contributed by atoms with Crippen LogP contribution in [0.4, 0.5) is 4.39 Å². The number of nitrogens with one attached hydrogen (secondary N) is 2. The maximum atomic E-state index is 14.3. The lowest BCUT2D eigenvalue weighted by atomic mass is 10.1. The zero-order valence-electron chi connectivity index (χ0n) is 17.4. The van der Waals surface area contributed by atoms with E-state index in [0.717, 1.165) is 15.6 Å². The first-order chi connectivity index (χ1) is 16.0. The predicted molar refractivity (Wildman–Crippen MR) is 132 cm³/mol. The molecular weight excluding hydrogens is 531 g/mol. The lowest BCUT2D eigenvalue weighted by Crippen LogP contribution is -2.17. The van der Waals surface area contributed by atoms with Gasteiger partial charge in [-0.15, -0.1) is 0 Å². The largest absolute Gasteiger partial charge is 0.493 e. The van der Waals surface area contributed by atoms with Gasteiger partial charge in [-0.2, -0.15) is 5.10 Å². The summed E-state index contributed by atoms with van der Waals surface area (Å²) in [6.07, 6.45) is 0. The van der Waals surface area contributed by atoms with Crippen molar-refractivity contribution in [3.05, 3.63) is 91.9 Å². The van der Waals surface area contributed by atoms with E-state index in [9.17, 15) is 4.39 Å². The molecule has 6 nitrogen and oxygen atoms in total. The van der Waals surface area contributed by atoms with Crippen LogP contribution in [0.25, 0.3) is 11.4 Å². The molecule has 1 heterocycles. The molecule has 0 radical (unpaired) electrons. The lowest BCUT2D eigenvalue weighted by molar-refractivity contribution is 0.276. The number of benzene rings is 3. The van der Waals surface area contributed by atoms with Crippen molar-refractivity contribution < 1.29 is 13.9 Å². The molecule has 3 aromatic carbocycles. The number of nitrogens with zero attached hydrogens (tertiary/aromatic N) is 2. The van der Waals surface area contributed by atoms with E-state index in [-0.39, 0.29) is 12.2 Å². The molecule has 0 bridgehead atoms. The molecular formula is C23H19BrClFN4O2S. The Kier molecular flexibility index (Phi) is 7.32. The number of aromatic nitrogens is 3. The summed E-state index contributed by atoms with van der Waals surface area (Å²) in [6, 6.07) is 17.8. The molecule has 0 amide bonds. The Labute approximate surface area is 208 Å². The average Bonchev–Trinajstić information content (AvgIpc) is 3.19. The molecule has 10 heteroatoms. The zero-order valence-corrected chi connectivity index (χ0v) is 20.6. The molecule has 0 aliphatic heterocycles. The Hall–Kier alpha value is -2.88. The maximum Gasteiger partial charge on any atom is 0.214 e. The summed E-state index contributed by atoms with van der Waals surface area (Å²) in [6.45, 7) is 0.248. The van der Waals surface area contributed by atoms with Crippen molar-refractivity contribution >= 4 is 39.7 Å². The van der Waals surface area contributed by atoms with E-state index in [4.69, 9.17) is 33.3 Å². The molecule has 0 saturated carbocycles. The summed E-state index contributed by atoms with van der Waals surface area (Å²) in [5.41, 5.74) is 5.20. The highest BCUT2D eigenvalue weighted by molar-refractivity contribution is 9.10. The fourth-order valence-electron chi connectivity index (χ4n) is 3.26.